The van der Waals surface area contributed by atoms with Gasteiger partial charge in [-0.25, -0.2) is 4.98 Å². The molecule has 0 atom stereocenters. The molecule has 13 heavy (non-hydrogen) atoms. The summed E-state index contributed by atoms with van der Waals surface area (Å²) >= 11 is 5.21. The zero-order valence-corrected chi connectivity index (χ0v) is 9.29. The zero-order valence-electron chi connectivity index (χ0n) is 8.48. The molecule has 0 aliphatic rings. The van der Waals surface area contributed by atoms with E-state index in [0.29, 0.717) is 0 Å². The Morgan fingerprint density at radius 3 is 2.54 bits per heavy atom. The Labute approximate surface area is 84.4 Å². The van der Waals surface area contributed by atoms with E-state index in [9.17, 15) is 0 Å². The van der Waals surface area contributed by atoms with Crippen LogP contribution >= 0.6 is 12.2 Å². The molecule has 1 aromatic heterocycles. The molecule has 0 aliphatic carbocycles. The average Bonchev–Trinajstić information content (AvgIpc) is 2.04. The van der Waals surface area contributed by atoms with Gasteiger partial charge >= 0.3 is 0 Å². The molecule has 1 rings (SSSR count). The second-order valence-electron chi connectivity index (χ2n) is 3.20. The third kappa shape index (κ3) is 2.37. The van der Waals surface area contributed by atoms with Crippen molar-refractivity contribution in [2.45, 2.75) is 40.0 Å². The number of aryl methyl sites for hydroxylation is 2. The molecule has 1 heterocycles. The molecular formula is C10H16N2S. The monoisotopic (exact) mass is 196 g/mol. The molecule has 2 nitrogen and oxygen atoms in total. The van der Waals surface area contributed by atoms with E-state index < -0.39 is 0 Å². The van der Waals surface area contributed by atoms with Crippen molar-refractivity contribution < 1.29 is 0 Å². The molecule has 0 radical (unpaired) electrons. The lowest BCUT2D eigenvalue weighted by atomic mass is 10.2. The first-order valence-electron chi connectivity index (χ1n) is 4.77. The highest BCUT2D eigenvalue weighted by Crippen LogP contribution is 2.08. The van der Waals surface area contributed by atoms with E-state index in [1.54, 1.807) is 0 Å². The minimum Gasteiger partial charge on any atom is -0.347 e. The number of hydrogen-bond donors (Lipinski definition) is 1. The van der Waals surface area contributed by atoms with Gasteiger partial charge in [0.1, 0.15) is 10.5 Å². The Morgan fingerprint density at radius 2 is 2.08 bits per heavy atom. The maximum absolute atomic E-state index is 5.21. The molecule has 72 valence electrons. The number of aromatic amines is 1. The summed E-state index contributed by atoms with van der Waals surface area (Å²) in [5.41, 5.74) is 2.35. The molecule has 0 bridgehead atoms. The van der Waals surface area contributed by atoms with Gasteiger partial charge in [0, 0.05) is 17.7 Å². The smallest absolute Gasteiger partial charge is 0.133 e. The minimum absolute atomic E-state index is 0.766. The van der Waals surface area contributed by atoms with Gasteiger partial charge in [0.2, 0.25) is 0 Å². The van der Waals surface area contributed by atoms with Crippen molar-refractivity contribution in [2.24, 2.45) is 0 Å². The van der Waals surface area contributed by atoms with Crippen LogP contribution < -0.4 is 0 Å². The van der Waals surface area contributed by atoms with Crippen molar-refractivity contribution in [1.82, 2.24) is 9.97 Å². The second-order valence-corrected chi connectivity index (χ2v) is 3.58. The molecule has 0 saturated heterocycles. The SMILES string of the molecule is CCCc1nc(=S)c(CC)c(C)[nH]1. The Bertz CT molecular complexity index is 341. The van der Waals surface area contributed by atoms with Crippen LogP contribution in [0, 0.1) is 11.6 Å². The van der Waals surface area contributed by atoms with Crippen LogP contribution in [0.4, 0.5) is 0 Å². The summed E-state index contributed by atoms with van der Waals surface area (Å²) in [7, 11) is 0. The molecule has 0 fully saturated rings. The summed E-state index contributed by atoms with van der Waals surface area (Å²) in [6.45, 7) is 6.31. The van der Waals surface area contributed by atoms with E-state index in [-0.39, 0.29) is 0 Å². The Hall–Kier alpha value is -0.700. The van der Waals surface area contributed by atoms with Crippen molar-refractivity contribution in [2.75, 3.05) is 0 Å². The Balaban J connectivity index is 3.13. The van der Waals surface area contributed by atoms with Crippen molar-refractivity contribution in [3.8, 4) is 0 Å². The van der Waals surface area contributed by atoms with Gasteiger partial charge in [0.05, 0.1) is 0 Å². The molecular weight excluding hydrogens is 180 g/mol. The first-order valence-corrected chi connectivity index (χ1v) is 5.18. The van der Waals surface area contributed by atoms with E-state index in [1.165, 1.54) is 11.3 Å². The van der Waals surface area contributed by atoms with Gasteiger partial charge in [0.15, 0.2) is 0 Å². The van der Waals surface area contributed by atoms with Crippen LogP contribution in [0.1, 0.15) is 37.4 Å². The normalized spacial score (nSPS) is 10.4. The molecule has 0 saturated carbocycles. The van der Waals surface area contributed by atoms with Crippen LogP contribution in [0.25, 0.3) is 0 Å². The minimum atomic E-state index is 0.766. The summed E-state index contributed by atoms with van der Waals surface area (Å²) in [5, 5.41) is 0. The van der Waals surface area contributed by atoms with Crippen molar-refractivity contribution >= 4 is 12.2 Å². The molecule has 0 amide bonds. The highest BCUT2D eigenvalue weighted by atomic mass is 32.1. The van der Waals surface area contributed by atoms with Crippen LogP contribution in [-0.4, -0.2) is 9.97 Å². The lowest BCUT2D eigenvalue weighted by Gasteiger charge is -2.06. The summed E-state index contributed by atoms with van der Waals surface area (Å²) in [6.07, 6.45) is 3.04. The Kier molecular flexibility index (Phi) is 3.60. The topological polar surface area (TPSA) is 28.7 Å². The fourth-order valence-electron chi connectivity index (χ4n) is 1.44. The van der Waals surface area contributed by atoms with Gasteiger partial charge in [-0.1, -0.05) is 26.1 Å². The number of hydrogen-bond acceptors (Lipinski definition) is 2. The molecule has 1 aromatic rings. The van der Waals surface area contributed by atoms with Gasteiger partial charge in [-0.3, -0.25) is 0 Å². The molecule has 0 aromatic carbocycles. The number of nitrogens with zero attached hydrogens (tertiary/aromatic N) is 1. The quantitative estimate of drug-likeness (QED) is 0.753. The van der Waals surface area contributed by atoms with E-state index in [4.69, 9.17) is 12.2 Å². The van der Waals surface area contributed by atoms with E-state index in [2.05, 4.69) is 30.7 Å². The fourth-order valence-corrected chi connectivity index (χ4v) is 1.85. The third-order valence-electron chi connectivity index (χ3n) is 2.12. The zero-order chi connectivity index (χ0) is 9.84. The standard InChI is InChI=1S/C10H16N2S/c1-4-6-9-11-7(3)8(5-2)10(13)12-9/h4-6H2,1-3H3,(H,11,12,13). The van der Waals surface area contributed by atoms with Gasteiger partial charge in [-0.05, 0) is 19.8 Å². The molecule has 0 aliphatic heterocycles. The number of rotatable bonds is 3. The number of aromatic nitrogens is 2. The summed E-state index contributed by atoms with van der Waals surface area (Å²) < 4.78 is 0.766. The number of H-pyrrole nitrogens is 1. The summed E-state index contributed by atoms with van der Waals surface area (Å²) in [4.78, 5) is 7.64. The van der Waals surface area contributed by atoms with Crippen molar-refractivity contribution in [3.05, 3.63) is 21.7 Å². The van der Waals surface area contributed by atoms with Crippen molar-refractivity contribution in [3.63, 3.8) is 0 Å². The molecule has 0 spiro atoms. The van der Waals surface area contributed by atoms with Crippen LogP contribution in [0.5, 0.6) is 0 Å². The second kappa shape index (κ2) is 4.51. The highest BCUT2D eigenvalue weighted by Gasteiger charge is 2.02. The molecule has 3 heteroatoms. The van der Waals surface area contributed by atoms with Crippen LogP contribution in [-0.2, 0) is 12.8 Å². The van der Waals surface area contributed by atoms with Crippen molar-refractivity contribution in [1.29, 1.82) is 0 Å². The first-order chi connectivity index (χ1) is 6.19. The number of nitrogens with one attached hydrogen (secondary N) is 1. The van der Waals surface area contributed by atoms with Crippen LogP contribution in [0.2, 0.25) is 0 Å². The summed E-state index contributed by atoms with van der Waals surface area (Å²) in [5.74, 6) is 1.02. The first kappa shape index (κ1) is 10.4. The van der Waals surface area contributed by atoms with E-state index in [0.717, 1.165) is 29.7 Å². The fraction of sp³-hybridized carbons (Fsp3) is 0.600. The average molecular weight is 196 g/mol. The van der Waals surface area contributed by atoms with Crippen LogP contribution in [0.15, 0.2) is 0 Å². The molecule has 0 unspecified atom stereocenters. The van der Waals surface area contributed by atoms with Gasteiger partial charge < -0.3 is 4.98 Å². The predicted molar refractivity (Wildman–Crippen MR) is 57.5 cm³/mol. The van der Waals surface area contributed by atoms with Gasteiger partial charge in [-0.2, -0.15) is 0 Å². The lowest BCUT2D eigenvalue weighted by molar-refractivity contribution is 0.808. The van der Waals surface area contributed by atoms with E-state index >= 15 is 0 Å². The maximum Gasteiger partial charge on any atom is 0.133 e. The highest BCUT2D eigenvalue weighted by molar-refractivity contribution is 7.71. The largest absolute Gasteiger partial charge is 0.347 e. The lowest BCUT2D eigenvalue weighted by Crippen LogP contribution is -2.01. The maximum atomic E-state index is 5.21. The predicted octanol–water partition coefficient (Wildman–Crippen LogP) is 2.96. The Morgan fingerprint density at radius 1 is 1.38 bits per heavy atom. The summed E-state index contributed by atoms with van der Waals surface area (Å²) in [6, 6.07) is 0. The van der Waals surface area contributed by atoms with E-state index in [1.807, 2.05) is 0 Å². The van der Waals surface area contributed by atoms with Crippen LogP contribution in [0.3, 0.4) is 0 Å². The van der Waals surface area contributed by atoms with Gasteiger partial charge in [-0.15, -0.1) is 0 Å². The third-order valence-corrected chi connectivity index (χ3v) is 2.46. The molecule has 1 N–H and O–H groups in total. The van der Waals surface area contributed by atoms with Gasteiger partial charge in [0.25, 0.3) is 0 Å².